The minimum absolute atomic E-state index is 0.0811. The van der Waals surface area contributed by atoms with E-state index >= 15 is 0 Å². The van der Waals surface area contributed by atoms with Crippen molar-refractivity contribution < 1.29 is 14.7 Å². The van der Waals surface area contributed by atoms with Crippen LogP contribution in [0.2, 0.25) is 0 Å². The maximum atomic E-state index is 11.9. The van der Waals surface area contributed by atoms with E-state index in [1.165, 1.54) is 0 Å². The second kappa shape index (κ2) is 6.03. The van der Waals surface area contributed by atoms with E-state index in [2.05, 4.69) is 19.2 Å². The molecule has 2 N–H and O–H groups in total. The summed E-state index contributed by atoms with van der Waals surface area (Å²) in [4.78, 5) is 23.0. The van der Waals surface area contributed by atoms with Crippen LogP contribution in [0.5, 0.6) is 0 Å². The van der Waals surface area contributed by atoms with Gasteiger partial charge in [-0.1, -0.05) is 20.8 Å². The van der Waals surface area contributed by atoms with Crippen LogP contribution in [-0.2, 0) is 9.59 Å². The molecule has 0 aromatic rings. The van der Waals surface area contributed by atoms with Crippen molar-refractivity contribution in [2.24, 2.45) is 23.7 Å². The summed E-state index contributed by atoms with van der Waals surface area (Å²) < 4.78 is 0. The van der Waals surface area contributed by atoms with Crippen LogP contribution in [0.3, 0.4) is 0 Å². The Morgan fingerprint density at radius 2 is 1.88 bits per heavy atom. The third-order valence-corrected chi connectivity index (χ3v) is 3.47. The lowest BCUT2D eigenvalue weighted by atomic mass is 9.95. The highest BCUT2D eigenvalue weighted by molar-refractivity contribution is 5.85. The van der Waals surface area contributed by atoms with Crippen molar-refractivity contribution in [3.63, 3.8) is 0 Å². The Balaban J connectivity index is 2.47. The molecule has 1 aliphatic carbocycles. The molecule has 1 saturated carbocycles. The van der Waals surface area contributed by atoms with Crippen LogP contribution in [0.25, 0.3) is 0 Å². The highest BCUT2D eigenvalue weighted by Crippen LogP contribution is 2.36. The van der Waals surface area contributed by atoms with Crippen molar-refractivity contribution in [3.05, 3.63) is 0 Å². The fraction of sp³-hybridized carbons (Fsp3) is 0.846. The van der Waals surface area contributed by atoms with Crippen LogP contribution < -0.4 is 5.32 Å². The van der Waals surface area contributed by atoms with Gasteiger partial charge in [0.1, 0.15) is 0 Å². The number of aliphatic carboxylic acids is 1. The van der Waals surface area contributed by atoms with E-state index in [1.54, 1.807) is 0 Å². The predicted molar refractivity (Wildman–Crippen MR) is 65.5 cm³/mol. The lowest BCUT2D eigenvalue weighted by molar-refractivity contribution is -0.146. The predicted octanol–water partition coefficient (Wildman–Crippen LogP) is 1.90. The molecule has 0 heterocycles. The van der Waals surface area contributed by atoms with Crippen molar-refractivity contribution in [3.8, 4) is 0 Å². The minimum atomic E-state index is -0.835. The quantitative estimate of drug-likeness (QED) is 0.772. The van der Waals surface area contributed by atoms with Gasteiger partial charge in [0.15, 0.2) is 0 Å². The Morgan fingerprint density at radius 3 is 2.41 bits per heavy atom. The Kier molecular flexibility index (Phi) is 4.97. The Hall–Kier alpha value is -1.06. The standard InChI is InChI=1S/C13H23NO3/c1-8(2)4-5-14-12(15)10-6-9(3)7-11(10)13(16)17/h8-11H,4-7H2,1-3H3,(H,14,15)(H,16,17)/t9?,10-,11+/m0/s1. The molecule has 0 saturated heterocycles. The molecule has 0 spiro atoms. The summed E-state index contributed by atoms with van der Waals surface area (Å²) in [6.07, 6.45) is 2.26. The van der Waals surface area contributed by atoms with Gasteiger partial charge in [0.2, 0.25) is 5.91 Å². The van der Waals surface area contributed by atoms with Gasteiger partial charge < -0.3 is 10.4 Å². The number of carbonyl (C=O) groups excluding carboxylic acids is 1. The third-order valence-electron chi connectivity index (χ3n) is 3.47. The second-order valence-electron chi connectivity index (χ2n) is 5.60. The summed E-state index contributed by atoms with van der Waals surface area (Å²) in [6.45, 7) is 6.86. The molecule has 4 heteroatoms. The van der Waals surface area contributed by atoms with Crippen LogP contribution in [0.4, 0.5) is 0 Å². The molecule has 1 aliphatic rings. The number of rotatable bonds is 5. The maximum absolute atomic E-state index is 11.9. The number of carbonyl (C=O) groups is 2. The maximum Gasteiger partial charge on any atom is 0.307 e. The molecule has 4 nitrogen and oxygen atoms in total. The topological polar surface area (TPSA) is 66.4 Å². The number of hydrogen-bond donors (Lipinski definition) is 2. The van der Waals surface area contributed by atoms with Gasteiger partial charge in [0.25, 0.3) is 0 Å². The second-order valence-corrected chi connectivity index (χ2v) is 5.60. The van der Waals surface area contributed by atoms with Crippen LogP contribution in [-0.4, -0.2) is 23.5 Å². The molecule has 0 aliphatic heterocycles. The first-order valence-corrected chi connectivity index (χ1v) is 6.42. The van der Waals surface area contributed by atoms with Gasteiger partial charge in [-0.05, 0) is 31.1 Å². The van der Waals surface area contributed by atoms with Crippen LogP contribution >= 0.6 is 0 Å². The molecule has 17 heavy (non-hydrogen) atoms. The summed E-state index contributed by atoms with van der Waals surface area (Å²) in [6, 6.07) is 0. The van der Waals surface area contributed by atoms with E-state index in [-0.39, 0.29) is 11.8 Å². The van der Waals surface area contributed by atoms with Crippen LogP contribution in [0, 0.1) is 23.7 Å². The lowest BCUT2D eigenvalue weighted by Crippen LogP contribution is -2.36. The fourth-order valence-corrected chi connectivity index (χ4v) is 2.47. The number of nitrogens with one attached hydrogen (secondary N) is 1. The average molecular weight is 241 g/mol. The number of carboxylic acid groups (broad SMARTS) is 1. The van der Waals surface area contributed by atoms with Crippen molar-refractivity contribution in [2.45, 2.75) is 40.0 Å². The first kappa shape index (κ1) is 14.0. The number of amides is 1. The highest BCUT2D eigenvalue weighted by atomic mass is 16.4. The zero-order valence-electron chi connectivity index (χ0n) is 10.9. The smallest absolute Gasteiger partial charge is 0.307 e. The Labute approximate surface area is 103 Å². The minimum Gasteiger partial charge on any atom is -0.481 e. The van der Waals surface area contributed by atoms with E-state index in [0.717, 1.165) is 6.42 Å². The summed E-state index contributed by atoms with van der Waals surface area (Å²) in [5.41, 5.74) is 0. The number of hydrogen-bond acceptors (Lipinski definition) is 2. The Morgan fingerprint density at radius 1 is 1.29 bits per heavy atom. The van der Waals surface area contributed by atoms with E-state index in [4.69, 9.17) is 5.11 Å². The lowest BCUT2D eigenvalue weighted by Gasteiger charge is -2.16. The largest absolute Gasteiger partial charge is 0.481 e. The van der Waals surface area contributed by atoms with Gasteiger partial charge in [0.05, 0.1) is 11.8 Å². The molecular formula is C13H23NO3. The normalized spacial score (nSPS) is 28.4. The number of carboxylic acids is 1. The molecule has 0 radical (unpaired) electrons. The molecule has 0 bridgehead atoms. The Bertz CT molecular complexity index is 288. The van der Waals surface area contributed by atoms with Crippen LogP contribution in [0.1, 0.15) is 40.0 Å². The monoisotopic (exact) mass is 241 g/mol. The van der Waals surface area contributed by atoms with Gasteiger partial charge in [-0.2, -0.15) is 0 Å². The molecule has 0 aromatic carbocycles. The van der Waals surface area contributed by atoms with Crippen molar-refractivity contribution >= 4 is 11.9 Å². The SMILES string of the molecule is CC(C)CCNC(=O)[C@H]1CC(C)C[C@H]1C(=O)O. The summed E-state index contributed by atoms with van der Waals surface area (Å²) >= 11 is 0. The average Bonchev–Trinajstić information content (AvgIpc) is 2.59. The van der Waals surface area contributed by atoms with Gasteiger partial charge >= 0.3 is 5.97 Å². The molecule has 0 aromatic heterocycles. The van der Waals surface area contributed by atoms with Gasteiger partial charge in [-0.3, -0.25) is 9.59 Å². The molecule has 98 valence electrons. The van der Waals surface area contributed by atoms with Gasteiger partial charge in [0, 0.05) is 6.54 Å². The van der Waals surface area contributed by atoms with E-state index in [9.17, 15) is 9.59 Å². The molecule has 1 rings (SSSR count). The molecular weight excluding hydrogens is 218 g/mol. The van der Waals surface area contributed by atoms with E-state index < -0.39 is 11.9 Å². The fourth-order valence-electron chi connectivity index (χ4n) is 2.47. The zero-order valence-corrected chi connectivity index (χ0v) is 10.9. The highest BCUT2D eigenvalue weighted by Gasteiger charge is 2.40. The first-order valence-electron chi connectivity index (χ1n) is 6.42. The van der Waals surface area contributed by atoms with Crippen LogP contribution in [0.15, 0.2) is 0 Å². The first-order chi connectivity index (χ1) is 7.91. The van der Waals surface area contributed by atoms with E-state index in [0.29, 0.717) is 31.2 Å². The molecule has 3 atom stereocenters. The van der Waals surface area contributed by atoms with Crippen molar-refractivity contribution in [2.75, 3.05) is 6.54 Å². The van der Waals surface area contributed by atoms with Crippen molar-refractivity contribution in [1.29, 1.82) is 0 Å². The third kappa shape index (κ3) is 4.02. The summed E-state index contributed by atoms with van der Waals surface area (Å²) in [7, 11) is 0. The summed E-state index contributed by atoms with van der Waals surface area (Å²) in [5, 5.41) is 11.9. The molecule has 1 fully saturated rings. The van der Waals surface area contributed by atoms with Crippen molar-refractivity contribution in [1.82, 2.24) is 5.32 Å². The van der Waals surface area contributed by atoms with E-state index in [1.807, 2.05) is 6.92 Å². The molecule has 1 amide bonds. The van der Waals surface area contributed by atoms with Gasteiger partial charge in [-0.25, -0.2) is 0 Å². The summed E-state index contributed by atoms with van der Waals surface area (Å²) in [5.74, 6) is -0.871. The van der Waals surface area contributed by atoms with Gasteiger partial charge in [-0.15, -0.1) is 0 Å². The molecule has 1 unspecified atom stereocenters. The zero-order chi connectivity index (χ0) is 13.0.